The van der Waals surface area contributed by atoms with E-state index in [0.29, 0.717) is 31.2 Å². The molecule has 4 rings (SSSR count). The lowest BCUT2D eigenvalue weighted by Crippen LogP contribution is -2.51. The molecular formula is C23H26Cl2N4O3. The van der Waals surface area contributed by atoms with Crippen LogP contribution in [0.15, 0.2) is 48.5 Å². The number of rotatable bonds is 4. The van der Waals surface area contributed by atoms with E-state index in [1.807, 2.05) is 58.3 Å². The van der Waals surface area contributed by atoms with Gasteiger partial charge in [-0.3, -0.25) is 14.4 Å². The van der Waals surface area contributed by atoms with E-state index >= 15 is 0 Å². The molecule has 2 aromatic rings. The van der Waals surface area contributed by atoms with Crippen LogP contribution in [0, 0.1) is 0 Å². The Morgan fingerprint density at radius 2 is 1.38 bits per heavy atom. The van der Waals surface area contributed by atoms with Crippen LogP contribution in [0.5, 0.6) is 0 Å². The molecular weight excluding hydrogens is 451 g/mol. The maximum Gasteiger partial charge on any atom is 0.242 e. The van der Waals surface area contributed by atoms with Crippen LogP contribution in [-0.2, 0) is 14.4 Å². The highest BCUT2D eigenvalue weighted by Gasteiger charge is 2.24. The normalized spacial score (nSPS) is 16.3. The fourth-order valence-electron chi connectivity index (χ4n) is 3.53. The van der Waals surface area contributed by atoms with Gasteiger partial charge in [-0.1, -0.05) is 23.2 Å². The number of nitrogens with one attached hydrogen (secondary N) is 1. The number of hydrogen-bond donors (Lipinski definition) is 1. The Balaban J connectivity index is 0.000000186. The highest BCUT2D eigenvalue weighted by atomic mass is 35.5. The van der Waals surface area contributed by atoms with Gasteiger partial charge >= 0.3 is 0 Å². The average molecular weight is 477 g/mol. The van der Waals surface area contributed by atoms with Gasteiger partial charge in [-0.15, -0.1) is 0 Å². The zero-order valence-corrected chi connectivity index (χ0v) is 19.4. The van der Waals surface area contributed by atoms with Crippen LogP contribution in [-0.4, -0.2) is 68.3 Å². The number of benzene rings is 2. The van der Waals surface area contributed by atoms with Crippen molar-refractivity contribution in [3.05, 3.63) is 58.6 Å². The summed E-state index contributed by atoms with van der Waals surface area (Å²) in [7, 11) is 0. The lowest BCUT2D eigenvalue weighted by atomic mass is 10.2. The van der Waals surface area contributed by atoms with Gasteiger partial charge in [0.2, 0.25) is 11.8 Å². The van der Waals surface area contributed by atoms with E-state index in [4.69, 9.17) is 23.2 Å². The number of carbonyl (C=O) groups is 3. The van der Waals surface area contributed by atoms with Gasteiger partial charge in [-0.25, -0.2) is 0 Å². The number of ketones is 1. The highest BCUT2D eigenvalue weighted by Crippen LogP contribution is 2.20. The quantitative estimate of drug-likeness (QED) is 0.734. The van der Waals surface area contributed by atoms with E-state index < -0.39 is 0 Å². The smallest absolute Gasteiger partial charge is 0.242 e. The third kappa shape index (κ3) is 6.87. The van der Waals surface area contributed by atoms with Crippen LogP contribution in [0.2, 0.25) is 10.0 Å². The van der Waals surface area contributed by atoms with Crippen molar-refractivity contribution in [2.75, 3.05) is 55.6 Å². The van der Waals surface area contributed by atoms with Crippen LogP contribution in [0.4, 0.5) is 11.4 Å². The molecule has 2 aliphatic rings. The molecule has 2 amide bonds. The van der Waals surface area contributed by atoms with Crippen molar-refractivity contribution >= 4 is 52.2 Å². The van der Waals surface area contributed by atoms with Gasteiger partial charge in [-0.05, 0) is 55.5 Å². The Morgan fingerprint density at radius 3 is 1.84 bits per heavy atom. The van der Waals surface area contributed by atoms with Gasteiger partial charge in [0.05, 0.1) is 19.6 Å². The molecule has 0 aromatic heterocycles. The van der Waals surface area contributed by atoms with Crippen molar-refractivity contribution in [1.82, 2.24) is 10.2 Å². The van der Waals surface area contributed by atoms with Crippen LogP contribution in [0.25, 0.3) is 0 Å². The Morgan fingerprint density at radius 1 is 0.844 bits per heavy atom. The molecule has 2 saturated heterocycles. The van der Waals surface area contributed by atoms with E-state index in [1.165, 1.54) is 6.92 Å². The fourth-order valence-corrected chi connectivity index (χ4v) is 3.78. The summed E-state index contributed by atoms with van der Waals surface area (Å²) in [5.74, 6) is 0.0842. The number of carbonyl (C=O) groups excluding carboxylic acids is 3. The van der Waals surface area contributed by atoms with Crippen molar-refractivity contribution in [3.8, 4) is 0 Å². The second kappa shape index (κ2) is 11.2. The number of hydrogen-bond acceptors (Lipinski definition) is 5. The van der Waals surface area contributed by atoms with Crippen LogP contribution >= 0.6 is 23.2 Å². The van der Waals surface area contributed by atoms with E-state index in [-0.39, 0.29) is 24.1 Å². The lowest BCUT2D eigenvalue weighted by molar-refractivity contribution is -0.134. The van der Waals surface area contributed by atoms with Gasteiger partial charge in [-0.2, -0.15) is 0 Å². The third-order valence-corrected chi connectivity index (χ3v) is 5.66. The first kappa shape index (κ1) is 23.9. The van der Waals surface area contributed by atoms with Crippen molar-refractivity contribution < 1.29 is 14.4 Å². The summed E-state index contributed by atoms with van der Waals surface area (Å²) in [6, 6.07) is 15.0. The van der Waals surface area contributed by atoms with Crippen molar-refractivity contribution in [2.45, 2.75) is 6.92 Å². The molecule has 2 aromatic carbocycles. The van der Waals surface area contributed by atoms with Crippen LogP contribution in [0.1, 0.15) is 6.92 Å². The van der Waals surface area contributed by atoms with E-state index in [0.717, 1.165) is 29.5 Å². The maximum absolute atomic E-state index is 11.9. The molecule has 0 unspecified atom stereocenters. The fraction of sp³-hybridized carbons (Fsp3) is 0.348. The minimum atomic E-state index is -0.00796. The average Bonchev–Trinajstić information content (AvgIpc) is 2.76. The summed E-state index contributed by atoms with van der Waals surface area (Å²) in [5, 5.41) is 4.19. The summed E-state index contributed by atoms with van der Waals surface area (Å²) in [6.07, 6.45) is 0. The molecule has 0 saturated carbocycles. The Hall–Kier alpha value is -2.77. The minimum Gasteiger partial charge on any atom is -0.360 e. The van der Waals surface area contributed by atoms with Crippen LogP contribution in [0.3, 0.4) is 0 Å². The molecule has 2 fully saturated rings. The molecule has 0 aliphatic carbocycles. The van der Waals surface area contributed by atoms with Gasteiger partial charge in [0, 0.05) is 47.6 Å². The molecule has 7 nitrogen and oxygen atoms in total. The van der Waals surface area contributed by atoms with Crippen LogP contribution < -0.4 is 15.1 Å². The predicted molar refractivity (Wildman–Crippen MR) is 128 cm³/mol. The number of Topliss-reactive ketones (excluding diaryl/α,β-unsaturated/α-hetero) is 1. The molecule has 0 spiro atoms. The zero-order valence-electron chi connectivity index (χ0n) is 17.9. The summed E-state index contributed by atoms with van der Waals surface area (Å²) in [6.45, 7) is 5.35. The van der Waals surface area contributed by atoms with Gasteiger partial charge < -0.3 is 20.0 Å². The highest BCUT2D eigenvalue weighted by molar-refractivity contribution is 6.30. The van der Waals surface area contributed by atoms with Crippen molar-refractivity contribution in [1.29, 1.82) is 0 Å². The number of anilines is 2. The summed E-state index contributed by atoms with van der Waals surface area (Å²) in [5.41, 5.74) is 2.03. The molecule has 170 valence electrons. The second-order valence-electron chi connectivity index (χ2n) is 7.66. The standard InChI is InChI=1S/C13H15ClN2O2.C10H11ClN2O/c1-10(17)8-16-7-6-15(9-13(16)18)12-4-2-11(14)3-5-12;11-8-1-3-9(4-2-8)13-6-5-12-10(14)7-13/h2-5H,6-9H2,1H3;1-4H,5-7H2,(H,12,14). The second-order valence-corrected chi connectivity index (χ2v) is 8.54. The third-order valence-electron chi connectivity index (χ3n) is 5.15. The number of piperazine rings is 2. The van der Waals surface area contributed by atoms with Gasteiger partial charge in [0.25, 0.3) is 0 Å². The van der Waals surface area contributed by atoms with E-state index in [1.54, 1.807) is 4.90 Å². The number of amides is 2. The van der Waals surface area contributed by atoms with E-state index in [2.05, 4.69) is 5.32 Å². The molecule has 2 aliphatic heterocycles. The van der Waals surface area contributed by atoms with E-state index in [9.17, 15) is 14.4 Å². The molecule has 32 heavy (non-hydrogen) atoms. The molecule has 9 heteroatoms. The molecule has 1 N–H and O–H groups in total. The zero-order chi connectivity index (χ0) is 23.1. The number of halogens is 2. The predicted octanol–water partition coefficient (Wildman–Crippen LogP) is 2.85. The summed E-state index contributed by atoms with van der Waals surface area (Å²) < 4.78 is 0. The molecule has 0 radical (unpaired) electrons. The molecule has 2 heterocycles. The molecule has 0 bridgehead atoms. The maximum atomic E-state index is 11.9. The molecule has 0 atom stereocenters. The first-order chi connectivity index (χ1) is 15.3. The van der Waals surface area contributed by atoms with Crippen molar-refractivity contribution in [3.63, 3.8) is 0 Å². The number of nitrogens with zero attached hydrogens (tertiary/aromatic N) is 3. The first-order valence-corrected chi connectivity index (χ1v) is 11.1. The largest absolute Gasteiger partial charge is 0.360 e. The minimum absolute atomic E-state index is 0.00796. The first-order valence-electron chi connectivity index (χ1n) is 10.4. The Kier molecular flexibility index (Phi) is 8.36. The monoisotopic (exact) mass is 476 g/mol. The SMILES string of the molecule is CC(=O)CN1CCN(c2ccc(Cl)cc2)CC1=O.O=C1CN(c2ccc(Cl)cc2)CCN1. The van der Waals surface area contributed by atoms with Gasteiger partial charge in [0.1, 0.15) is 5.78 Å². The topological polar surface area (TPSA) is 73.0 Å². The van der Waals surface area contributed by atoms with Gasteiger partial charge in [0.15, 0.2) is 0 Å². The summed E-state index contributed by atoms with van der Waals surface area (Å²) >= 11 is 11.6. The Labute approximate surface area is 197 Å². The van der Waals surface area contributed by atoms with Crippen molar-refractivity contribution in [2.24, 2.45) is 0 Å². The Bertz CT molecular complexity index is 951. The summed E-state index contributed by atoms with van der Waals surface area (Å²) in [4.78, 5) is 39.7. The lowest BCUT2D eigenvalue weighted by Gasteiger charge is -2.35.